The maximum Gasteiger partial charge on any atom is 0.329 e. The number of hydrogen-bond acceptors (Lipinski definition) is 5. The highest BCUT2D eigenvalue weighted by Crippen LogP contribution is 2.27. The smallest absolute Gasteiger partial charge is 0.329 e. The first-order chi connectivity index (χ1) is 11.2. The molecule has 0 N–H and O–H groups in total. The van der Waals surface area contributed by atoms with Crippen molar-refractivity contribution < 1.29 is 19.1 Å². The normalized spacial score (nSPS) is 27.9. The summed E-state index contributed by atoms with van der Waals surface area (Å²) in [6, 6.07) is 3.22. The van der Waals surface area contributed by atoms with Crippen LogP contribution in [0, 0.1) is 0 Å². The van der Waals surface area contributed by atoms with Crippen molar-refractivity contribution in [2.24, 2.45) is 0 Å². The molecule has 1 saturated heterocycles. The van der Waals surface area contributed by atoms with Gasteiger partial charge in [-0.2, -0.15) is 0 Å². The van der Waals surface area contributed by atoms with Crippen LogP contribution in [0.3, 0.4) is 0 Å². The molecule has 3 rings (SSSR count). The second kappa shape index (κ2) is 7.45. The van der Waals surface area contributed by atoms with Crippen molar-refractivity contribution in [1.29, 1.82) is 0 Å². The quantitative estimate of drug-likeness (QED) is 0.793. The molecule has 0 radical (unpaired) electrons. The van der Waals surface area contributed by atoms with Crippen LogP contribution in [0.4, 0.5) is 0 Å². The van der Waals surface area contributed by atoms with Crippen molar-refractivity contribution >= 4 is 23.2 Å². The zero-order valence-electron chi connectivity index (χ0n) is 13.4. The predicted octanol–water partition coefficient (Wildman–Crippen LogP) is 2.85. The fourth-order valence-corrected chi connectivity index (χ4v) is 4.14. The lowest BCUT2D eigenvalue weighted by Gasteiger charge is -2.30. The summed E-state index contributed by atoms with van der Waals surface area (Å²) in [5, 5.41) is 1.88. The van der Waals surface area contributed by atoms with Gasteiger partial charge in [-0.25, -0.2) is 4.79 Å². The van der Waals surface area contributed by atoms with Gasteiger partial charge in [0, 0.05) is 20.1 Å². The third-order valence-electron chi connectivity index (χ3n) is 4.71. The van der Waals surface area contributed by atoms with Gasteiger partial charge in [-0.1, -0.05) is 6.07 Å². The standard InChI is InChI=1S/C17H23NO4S/c1-21-12-5-2-6-13(11-12)22-17(20)14-7-3-9-18(14)16(19)15-8-4-10-23-15/h4,8,10,12-14H,2-3,5-7,9,11H2,1H3. The topological polar surface area (TPSA) is 55.8 Å². The molecular weight excluding hydrogens is 314 g/mol. The number of carbonyl (C=O) groups excluding carboxylic acids is 2. The molecule has 3 atom stereocenters. The monoisotopic (exact) mass is 337 g/mol. The summed E-state index contributed by atoms with van der Waals surface area (Å²) < 4.78 is 11.1. The lowest BCUT2D eigenvalue weighted by molar-refractivity contribution is -0.157. The molecule has 0 spiro atoms. The van der Waals surface area contributed by atoms with E-state index < -0.39 is 6.04 Å². The van der Waals surface area contributed by atoms with Crippen LogP contribution < -0.4 is 0 Å². The van der Waals surface area contributed by atoms with E-state index in [1.54, 1.807) is 18.1 Å². The molecule has 23 heavy (non-hydrogen) atoms. The molecular formula is C17H23NO4S. The van der Waals surface area contributed by atoms with Crippen LogP contribution in [0.5, 0.6) is 0 Å². The molecule has 0 bridgehead atoms. The summed E-state index contributed by atoms with van der Waals surface area (Å²) in [6.07, 6.45) is 5.31. The minimum atomic E-state index is -0.437. The third kappa shape index (κ3) is 3.75. The number of thiophene rings is 1. The van der Waals surface area contributed by atoms with E-state index >= 15 is 0 Å². The van der Waals surface area contributed by atoms with Gasteiger partial charge < -0.3 is 14.4 Å². The van der Waals surface area contributed by atoms with Crippen molar-refractivity contribution in [3.63, 3.8) is 0 Å². The van der Waals surface area contributed by atoms with Crippen LogP contribution in [0.15, 0.2) is 17.5 Å². The molecule has 2 heterocycles. The average Bonchev–Trinajstić information content (AvgIpc) is 3.25. The molecule has 5 nitrogen and oxygen atoms in total. The summed E-state index contributed by atoms with van der Waals surface area (Å²) in [6.45, 7) is 0.627. The maximum atomic E-state index is 12.5. The Labute approximate surface area is 140 Å². The first-order valence-electron chi connectivity index (χ1n) is 8.27. The fourth-order valence-electron chi connectivity index (χ4n) is 3.46. The lowest BCUT2D eigenvalue weighted by atomic mass is 9.95. The van der Waals surface area contributed by atoms with Crippen LogP contribution in [0.1, 0.15) is 48.2 Å². The van der Waals surface area contributed by atoms with Crippen molar-refractivity contribution in [2.75, 3.05) is 13.7 Å². The van der Waals surface area contributed by atoms with E-state index in [0.29, 0.717) is 17.8 Å². The molecule has 1 aromatic heterocycles. The Balaban J connectivity index is 1.61. The number of hydrogen-bond donors (Lipinski definition) is 0. The van der Waals surface area contributed by atoms with Crippen molar-refractivity contribution in [2.45, 2.75) is 56.8 Å². The van der Waals surface area contributed by atoms with E-state index in [9.17, 15) is 9.59 Å². The Hall–Kier alpha value is -1.40. The summed E-state index contributed by atoms with van der Waals surface area (Å²) in [5.74, 6) is -0.313. The fraction of sp³-hybridized carbons (Fsp3) is 0.647. The Kier molecular flexibility index (Phi) is 5.33. The van der Waals surface area contributed by atoms with Gasteiger partial charge in [0.15, 0.2) is 0 Å². The van der Waals surface area contributed by atoms with Crippen LogP contribution in [-0.2, 0) is 14.3 Å². The molecule has 1 aliphatic heterocycles. The zero-order valence-corrected chi connectivity index (χ0v) is 14.2. The van der Waals surface area contributed by atoms with Gasteiger partial charge in [0.1, 0.15) is 12.1 Å². The van der Waals surface area contributed by atoms with Gasteiger partial charge in [0.25, 0.3) is 5.91 Å². The first kappa shape index (κ1) is 16.5. The van der Waals surface area contributed by atoms with Gasteiger partial charge in [0.2, 0.25) is 0 Å². The molecule has 0 aromatic carbocycles. The summed E-state index contributed by atoms with van der Waals surface area (Å²) >= 11 is 1.41. The number of amides is 1. The zero-order chi connectivity index (χ0) is 16.2. The second-order valence-electron chi connectivity index (χ2n) is 6.22. The highest BCUT2D eigenvalue weighted by Gasteiger charge is 2.37. The number of esters is 1. The number of ether oxygens (including phenoxy) is 2. The third-order valence-corrected chi connectivity index (χ3v) is 5.57. The van der Waals surface area contributed by atoms with Gasteiger partial charge in [-0.3, -0.25) is 4.79 Å². The summed E-state index contributed by atoms with van der Waals surface area (Å²) in [7, 11) is 1.70. The molecule has 1 amide bonds. The minimum Gasteiger partial charge on any atom is -0.461 e. The Morgan fingerprint density at radius 3 is 2.78 bits per heavy atom. The van der Waals surface area contributed by atoms with E-state index in [4.69, 9.17) is 9.47 Å². The number of nitrogens with zero attached hydrogens (tertiary/aromatic N) is 1. The SMILES string of the molecule is COC1CCCC(OC(=O)C2CCCN2C(=O)c2cccs2)C1. The predicted molar refractivity (Wildman–Crippen MR) is 87.5 cm³/mol. The number of carbonyl (C=O) groups is 2. The van der Waals surface area contributed by atoms with E-state index in [2.05, 4.69) is 0 Å². The van der Waals surface area contributed by atoms with Gasteiger partial charge in [0.05, 0.1) is 11.0 Å². The van der Waals surface area contributed by atoms with Crippen LogP contribution in [0.2, 0.25) is 0 Å². The van der Waals surface area contributed by atoms with Crippen LogP contribution >= 0.6 is 11.3 Å². The molecule has 1 saturated carbocycles. The van der Waals surface area contributed by atoms with Crippen molar-refractivity contribution in [1.82, 2.24) is 4.90 Å². The van der Waals surface area contributed by atoms with Crippen molar-refractivity contribution in [3.8, 4) is 0 Å². The molecule has 126 valence electrons. The molecule has 6 heteroatoms. The highest BCUT2D eigenvalue weighted by atomic mass is 32.1. The van der Waals surface area contributed by atoms with Crippen LogP contribution in [0.25, 0.3) is 0 Å². The largest absolute Gasteiger partial charge is 0.461 e. The van der Waals surface area contributed by atoms with E-state index in [1.807, 2.05) is 11.4 Å². The lowest BCUT2D eigenvalue weighted by Crippen LogP contribution is -2.43. The number of likely N-dealkylation sites (tertiary alicyclic amines) is 1. The van der Waals surface area contributed by atoms with Gasteiger partial charge >= 0.3 is 5.97 Å². The maximum absolute atomic E-state index is 12.5. The highest BCUT2D eigenvalue weighted by molar-refractivity contribution is 7.12. The van der Waals surface area contributed by atoms with Crippen LogP contribution in [-0.4, -0.2) is 48.7 Å². The minimum absolute atomic E-state index is 0.0575. The molecule has 2 fully saturated rings. The first-order valence-corrected chi connectivity index (χ1v) is 9.14. The Bertz CT molecular complexity index is 545. The van der Waals surface area contributed by atoms with Crippen molar-refractivity contribution in [3.05, 3.63) is 22.4 Å². The van der Waals surface area contributed by atoms with E-state index in [-0.39, 0.29) is 24.1 Å². The summed E-state index contributed by atoms with van der Waals surface area (Å²) in [5.41, 5.74) is 0. The average molecular weight is 337 g/mol. The molecule has 1 aliphatic carbocycles. The van der Waals surface area contributed by atoms with E-state index in [0.717, 1.165) is 32.1 Å². The molecule has 2 aliphatic rings. The number of rotatable bonds is 4. The number of methoxy groups -OCH3 is 1. The second-order valence-corrected chi connectivity index (χ2v) is 7.16. The molecule has 1 aromatic rings. The summed E-state index contributed by atoms with van der Waals surface area (Å²) in [4.78, 5) is 27.4. The van der Waals surface area contributed by atoms with Gasteiger partial charge in [-0.15, -0.1) is 11.3 Å². The Morgan fingerprint density at radius 2 is 2.04 bits per heavy atom. The Morgan fingerprint density at radius 1 is 1.22 bits per heavy atom. The molecule has 3 unspecified atom stereocenters. The van der Waals surface area contributed by atoms with E-state index in [1.165, 1.54) is 11.3 Å². The van der Waals surface area contributed by atoms with Gasteiger partial charge in [-0.05, 0) is 43.6 Å².